The van der Waals surface area contributed by atoms with Crippen LogP contribution >= 0.6 is 15.9 Å². The fourth-order valence-corrected chi connectivity index (χ4v) is 1.62. The van der Waals surface area contributed by atoms with Gasteiger partial charge in [-0.15, -0.1) is 0 Å². The largest absolute Gasteiger partial charge is 0.467 e. The van der Waals surface area contributed by atoms with E-state index in [9.17, 15) is 14.7 Å². The molecule has 1 atom stereocenters. The van der Waals surface area contributed by atoms with Gasteiger partial charge in [-0.2, -0.15) is 0 Å². The fraction of sp³-hybridized carbons (Fsp3) is 0.400. The number of carbonyl (C=O) groups is 1. The molecule has 1 aromatic rings. The first-order valence-corrected chi connectivity index (χ1v) is 5.33. The van der Waals surface area contributed by atoms with E-state index in [1.165, 1.54) is 30.9 Å². The SMILES string of the molecule is COC(=O)C(C)(O)Cn1cc(Br)ccc1=O. The molecule has 0 aliphatic heterocycles. The molecule has 1 aromatic heterocycles. The van der Waals surface area contributed by atoms with Crippen molar-refractivity contribution in [3.8, 4) is 0 Å². The molecule has 0 radical (unpaired) electrons. The van der Waals surface area contributed by atoms with Crippen LogP contribution in [-0.4, -0.2) is 28.4 Å². The van der Waals surface area contributed by atoms with Gasteiger partial charge in [0.1, 0.15) is 0 Å². The van der Waals surface area contributed by atoms with Gasteiger partial charge in [0.2, 0.25) is 0 Å². The van der Waals surface area contributed by atoms with Crippen LogP contribution in [0.4, 0.5) is 0 Å². The normalized spacial score (nSPS) is 14.2. The Morgan fingerprint density at radius 1 is 1.62 bits per heavy atom. The Bertz CT molecular complexity index is 452. The summed E-state index contributed by atoms with van der Waals surface area (Å²) in [7, 11) is 1.18. The van der Waals surface area contributed by atoms with E-state index in [4.69, 9.17) is 0 Å². The third-order valence-electron chi connectivity index (χ3n) is 2.05. The average molecular weight is 290 g/mol. The second kappa shape index (κ2) is 4.80. The molecule has 0 amide bonds. The van der Waals surface area contributed by atoms with Crippen molar-refractivity contribution in [1.82, 2.24) is 4.57 Å². The lowest BCUT2D eigenvalue weighted by atomic mass is 10.1. The molecule has 88 valence electrons. The summed E-state index contributed by atoms with van der Waals surface area (Å²) in [6, 6.07) is 2.93. The standard InChI is InChI=1S/C10H12BrNO4/c1-10(15,9(14)16-2)6-12-5-7(11)3-4-8(12)13/h3-5,15H,6H2,1-2H3. The summed E-state index contributed by atoms with van der Waals surface area (Å²) in [4.78, 5) is 22.7. The molecule has 0 saturated carbocycles. The lowest BCUT2D eigenvalue weighted by Gasteiger charge is -2.21. The van der Waals surface area contributed by atoms with Crippen LogP contribution in [0.15, 0.2) is 27.6 Å². The van der Waals surface area contributed by atoms with Crippen LogP contribution in [0.25, 0.3) is 0 Å². The third-order valence-corrected chi connectivity index (χ3v) is 2.52. The maximum Gasteiger partial charge on any atom is 0.339 e. The minimum atomic E-state index is -1.72. The Labute approximate surface area is 101 Å². The Kier molecular flexibility index (Phi) is 3.88. The molecule has 1 heterocycles. The molecule has 0 aliphatic rings. The zero-order valence-electron chi connectivity index (χ0n) is 8.94. The number of aliphatic hydroxyl groups is 1. The quantitative estimate of drug-likeness (QED) is 0.825. The summed E-state index contributed by atoms with van der Waals surface area (Å²) in [6.45, 7) is 1.14. The minimum absolute atomic E-state index is 0.155. The second-order valence-electron chi connectivity index (χ2n) is 3.58. The first-order valence-electron chi connectivity index (χ1n) is 4.53. The van der Waals surface area contributed by atoms with E-state index in [1.807, 2.05) is 0 Å². The summed E-state index contributed by atoms with van der Waals surface area (Å²) in [5.41, 5.74) is -2.02. The molecule has 1 N–H and O–H groups in total. The van der Waals surface area contributed by atoms with Crippen molar-refractivity contribution in [2.45, 2.75) is 19.1 Å². The Morgan fingerprint density at radius 3 is 2.81 bits per heavy atom. The van der Waals surface area contributed by atoms with E-state index in [0.29, 0.717) is 4.47 Å². The summed E-state index contributed by atoms with van der Waals surface area (Å²) in [6.07, 6.45) is 1.50. The highest BCUT2D eigenvalue weighted by Crippen LogP contribution is 2.11. The van der Waals surface area contributed by atoms with Crippen LogP contribution in [0, 0.1) is 0 Å². The summed E-state index contributed by atoms with van der Waals surface area (Å²) >= 11 is 3.20. The smallest absolute Gasteiger partial charge is 0.339 e. The predicted octanol–water partition coefficient (Wildman–Crippen LogP) is 0.535. The first kappa shape index (κ1) is 12.9. The number of halogens is 1. The zero-order valence-corrected chi connectivity index (χ0v) is 10.5. The zero-order chi connectivity index (χ0) is 12.3. The predicted molar refractivity (Wildman–Crippen MR) is 61.0 cm³/mol. The molecule has 1 rings (SSSR count). The molecular weight excluding hydrogens is 278 g/mol. The van der Waals surface area contributed by atoms with E-state index in [1.54, 1.807) is 6.07 Å². The van der Waals surface area contributed by atoms with Gasteiger partial charge in [-0.25, -0.2) is 4.79 Å². The van der Waals surface area contributed by atoms with Gasteiger partial charge in [0.25, 0.3) is 5.56 Å². The molecule has 0 spiro atoms. The molecule has 0 fully saturated rings. The number of hydrogen-bond donors (Lipinski definition) is 1. The van der Waals surface area contributed by atoms with Crippen molar-refractivity contribution in [1.29, 1.82) is 0 Å². The highest BCUT2D eigenvalue weighted by Gasteiger charge is 2.32. The van der Waals surface area contributed by atoms with Crippen LogP contribution in [0.1, 0.15) is 6.92 Å². The summed E-state index contributed by atoms with van der Waals surface area (Å²) in [5, 5.41) is 9.80. The molecule has 0 aromatic carbocycles. The maximum absolute atomic E-state index is 11.4. The fourth-order valence-electron chi connectivity index (χ4n) is 1.24. The van der Waals surface area contributed by atoms with Gasteiger partial charge in [0.05, 0.1) is 13.7 Å². The van der Waals surface area contributed by atoms with Crippen LogP contribution in [0.5, 0.6) is 0 Å². The second-order valence-corrected chi connectivity index (χ2v) is 4.49. The van der Waals surface area contributed by atoms with Crippen molar-refractivity contribution in [3.05, 3.63) is 33.2 Å². The number of carbonyl (C=O) groups excluding carboxylic acids is 1. The lowest BCUT2D eigenvalue weighted by molar-refractivity contribution is -0.161. The minimum Gasteiger partial charge on any atom is -0.467 e. The third kappa shape index (κ3) is 2.93. The van der Waals surface area contributed by atoms with Gasteiger partial charge >= 0.3 is 5.97 Å². The van der Waals surface area contributed by atoms with E-state index >= 15 is 0 Å². The first-order chi connectivity index (χ1) is 7.36. The molecule has 1 unspecified atom stereocenters. The van der Waals surface area contributed by atoms with Crippen LogP contribution < -0.4 is 5.56 Å². The van der Waals surface area contributed by atoms with E-state index in [2.05, 4.69) is 20.7 Å². The lowest BCUT2D eigenvalue weighted by Crippen LogP contribution is -2.42. The number of hydrogen-bond acceptors (Lipinski definition) is 4. The van der Waals surface area contributed by atoms with E-state index in [0.717, 1.165) is 0 Å². The number of methoxy groups -OCH3 is 1. The molecule has 0 bridgehead atoms. The maximum atomic E-state index is 11.4. The summed E-state index contributed by atoms with van der Waals surface area (Å²) in [5.74, 6) is -0.778. The van der Waals surface area contributed by atoms with Crippen LogP contribution in [0.2, 0.25) is 0 Å². The van der Waals surface area contributed by atoms with Gasteiger partial charge in [0, 0.05) is 16.7 Å². The van der Waals surface area contributed by atoms with Crippen LogP contribution in [-0.2, 0) is 16.1 Å². The van der Waals surface area contributed by atoms with Gasteiger partial charge in [0.15, 0.2) is 5.60 Å². The number of pyridine rings is 1. The van der Waals surface area contributed by atoms with Crippen LogP contribution in [0.3, 0.4) is 0 Å². The van der Waals surface area contributed by atoms with Crippen molar-refractivity contribution in [3.63, 3.8) is 0 Å². The monoisotopic (exact) mass is 289 g/mol. The van der Waals surface area contributed by atoms with E-state index in [-0.39, 0.29) is 12.1 Å². The highest BCUT2D eigenvalue weighted by molar-refractivity contribution is 9.10. The topological polar surface area (TPSA) is 68.5 Å². The average Bonchev–Trinajstić information content (AvgIpc) is 2.22. The number of aromatic nitrogens is 1. The van der Waals surface area contributed by atoms with Gasteiger partial charge in [-0.05, 0) is 28.9 Å². The highest BCUT2D eigenvalue weighted by atomic mass is 79.9. The molecule has 5 nitrogen and oxygen atoms in total. The van der Waals surface area contributed by atoms with Crippen molar-refractivity contribution in [2.75, 3.05) is 7.11 Å². The number of esters is 1. The molecule has 0 aliphatic carbocycles. The molecule has 6 heteroatoms. The molecular formula is C10H12BrNO4. The van der Waals surface area contributed by atoms with Crippen molar-refractivity contribution >= 4 is 21.9 Å². The number of ether oxygens (including phenoxy) is 1. The number of nitrogens with zero attached hydrogens (tertiary/aromatic N) is 1. The molecule has 16 heavy (non-hydrogen) atoms. The Morgan fingerprint density at radius 2 is 2.25 bits per heavy atom. The Hall–Kier alpha value is -1.14. The summed E-state index contributed by atoms with van der Waals surface area (Å²) < 4.78 is 6.37. The Balaban J connectivity index is 3.00. The molecule has 0 saturated heterocycles. The van der Waals surface area contributed by atoms with Gasteiger partial charge in [-0.3, -0.25) is 4.79 Å². The van der Waals surface area contributed by atoms with Gasteiger partial charge < -0.3 is 14.4 Å². The van der Waals surface area contributed by atoms with Crippen molar-refractivity contribution < 1.29 is 14.6 Å². The van der Waals surface area contributed by atoms with Gasteiger partial charge in [-0.1, -0.05) is 0 Å². The number of rotatable bonds is 3. The van der Waals surface area contributed by atoms with Crippen molar-refractivity contribution in [2.24, 2.45) is 0 Å². The van der Waals surface area contributed by atoms with E-state index < -0.39 is 11.6 Å².